The average molecular weight is 329 g/mol. The predicted molar refractivity (Wildman–Crippen MR) is 73.8 cm³/mol. The molecule has 0 aliphatic heterocycles. The highest BCUT2D eigenvalue weighted by Crippen LogP contribution is 2.31. The van der Waals surface area contributed by atoms with E-state index in [0.717, 1.165) is 10.4 Å². The van der Waals surface area contributed by atoms with Gasteiger partial charge in [-0.2, -0.15) is 4.31 Å². The van der Waals surface area contributed by atoms with E-state index in [-0.39, 0.29) is 46.9 Å². The highest BCUT2D eigenvalue weighted by Gasteiger charge is 2.26. The Morgan fingerprint density at radius 2 is 1.63 bits per heavy atom. The van der Waals surface area contributed by atoms with Gasteiger partial charge >= 0.3 is 0 Å². The molecule has 0 spiro atoms. The van der Waals surface area contributed by atoms with Crippen LogP contribution in [0.4, 0.5) is 5.69 Å². The number of aliphatic hydroxyl groups is 2. The van der Waals surface area contributed by atoms with E-state index in [1.807, 2.05) is 0 Å². The summed E-state index contributed by atoms with van der Waals surface area (Å²) in [6.45, 7) is -1.05. The minimum atomic E-state index is -3.95. The van der Waals surface area contributed by atoms with E-state index in [0.29, 0.717) is 0 Å². The second-order valence-electron chi connectivity index (χ2n) is 3.66. The van der Waals surface area contributed by atoms with Crippen LogP contribution in [-0.4, -0.2) is 49.2 Å². The molecule has 4 N–H and O–H groups in total. The van der Waals surface area contributed by atoms with Crippen LogP contribution in [0.5, 0.6) is 0 Å². The number of halogens is 2. The number of anilines is 1. The third-order valence-electron chi connectivity index (χ3n) is 2.37. The van der Waals surface area contributed by atoms with Crippen molar-refractivity contribution in [3.63, 3.8) is 0 Å². The van der Waals surface area contributed by atoms with Crippen LogP contribution in [0.25, 0.3) is 0 Å². The lowest BCUT2D eigenvalue weighted by atomic mass is 10.3. The molecule has 0 heterocycles. The normalized spacial score (nSPS) is 12.1. The molecule has 1 rings (SSSR count). The summed E-state index contributed by atoms with van der Waals surface area (Å²) in [5.74, 6) is 0. The topological polar surface area (TPSA) is 104 Å². The predicted octanol–water partition coefficient (Wildman–Crippen LogP) is 0.551. The smallest absolute Gasteiger partial charge is 0.244 e. The first-order valence-electron chi connectivity index (χ1n) is 5.31. The standard InChI is InChI=1S/C10H14Cl2N2O4S/c11-7-6-10(8(12)5-9(7)13)19(17,18)14(1-3-15)2-4-16/h5-6,15-16H,1-4,13H2. The van der Waals surface area contributed by atoms with Crippen LogP contribution in [0.1, 0.15) is 0 Å². The summed E-state index contributed by atoms with van der Waals surface area (Å²) in [5, 5.41) is 17.7. The Balaban J connectivity index is 3.28. The monoisotopic (exact) mass is 328 g/mol. The highest BCUT2D eigenvalue weighted by molar-refractivity contribution is 7.89. The zero-order chi connectivity index (χ0) is 14.6. The molecule has 1 aromatic carbocycles. The van der Waals surface area contributed by atoms with Crippen molar-refractivity contribution in [2.45, 2.75) is 4.90 Å². The minimum absolute atomic E-state index is 0.0657. The van der Waals surface area contributed by atoms with Crippen molar-refractivity contribution in [1.29, 1.82) is 0 Å². The molecule has 0 aliphatic carbocycles. The highest BCUT2D eigenvalue weighted by atomic mass is 35.5. The van der Waals surface area contributed by atoms with Gasteiger partial charge in [-0.3, -0.25) is 0 Å². The first kappa shape index (κ1) is 16.5. The SMILES string of the molecule is Nc1cc(Cl)c(S(=O)(=O)N(CCO)CCO)cc1Cl. The fraction of sp³-hybridized carbons (Fsp3) is 0.400. The van der Waals surface area contributed by atoms with E-state index in [1.165, 1.54) is 6.07 Å². The molecule has 0 unspecified atom stereocenters. The molecule has 9 heteroatoms. The molecule has 0 amide bonds. The van der Waals surface area contributed by atoms with E-state index in [1.54, 1.807) is 0 Å². The van der Waals surface area contributed by atoms with Gasteiger partial charge in [0.2, 0.25) is 10.0 Å². The van der Waals surface area contributed by atoms with Gasteiger partial charge in [-0.1, -0.05) is 23.2 Å². The van der Waals surface area contributed by atoms with E-state index in [4.69, 9.17) is 39.1 Å². The van der Waals surface area contributed by atoms with Crippen LogP contribution in [0, 0.1) is 0 Å². The largest absolute Gasteiger partial charge is 0.397 e. The lowest BCUT2D eigenvalue weighted by Gasteiger charge is -2.21. The number of benzene rings is 1. The number of nitrogen functional groups attached to an aromatic ring is 1. The molecule has 0 atom stereocenters. The van der Waals surface area contributed by atoms with Gasteiger partial charge < -0.3 is 15.9 Å². The van der Waals surface area contributed by atoms with Crippen molar-refractivity contribution < 1.29 is 18.6 Å². The molecule has 108 valence electrons. The van der Waals surface area contributed by atoms with Crippen molar-refractivity contribution in [3.8, 4) is 0 Å². The van der Waals surface area contributed by atoms with Crippen LogP contribution in [0.2, 0.25) is 10.0 Å². The van der Waals surface area contributed by atoms with E-state index >= 15 is 0 Å². The first-order valence-corrected chi connectivity index (χ1v) is 7.50. The maximum absolute atomic E-state index is 12.3. The molecular weight excluding hydrogens is 315 g/mol. The molecule has 0 saturated heterocycles. The van der Waals surface area contributed by atoms with Crippen molar-refractivity contribution >= 4 is 38.9 Å². The molecule has 1 aromatic rings. The third kappa shape index (κ3) is 3.71. The second kappa shape index (κ2) is 6.74. The Kier molecular flexibility index (Phi) is 5.84. The van der Waals surface area contributed by atoms with Crippen molar-refractivity contribution in [3.05, 3.63) is 22.2 Å². The van der Waals surface area contributed by atoms with Gasteiger partial charge in [-0.15, -0.1) is 0 Å². The maximum atomic E-state index is 12.3. The van der Waals surface area contributed by atoms with E-state index < -0.39 is 10.0 Å². The van der Waals surface area contributed by atoms with E-state index in [9.17, 15) is 8.42 Å². The summed E-state index contributed by atoms with van der Waals surface area (Å²) < 4.78 is 25.6. The summed E-state index contributed by atoms with van der Waals surface area (Å²) in [5.41, 5.74) is 5.69. The summed E-state index contributed by atoms with van der Waals surface area (Å²) in [7, 11) is -3.95. The first-order chi connectivity index (χ1) is 8.84. The summed E-state index contributed by atoms with van der Waals surface area (Å²) in [6.07, 6.45) is 0. The van der Waals surface area contributed by atoms with Crippen molar-refractivity contribution in [2.75, 3.05) is 32.0 Å². The number of hydrogen-bond acceptors (Lipinski definition) is 5. The van der Waals surface area contributed by atoms with Crippen molar-refractivity contribution in [1.82, 2.24) is 4.31 Å². The second-order valence-corrected chi connectivity index (χ2v) is 6.38. The average Bonchev–Trinajstić information content (AvgIpc) is 2.33. The van der Waals surface area contributed by atoms with Gasteiger partial charge in [0.05, 0.1) is 28.9 Å². The Bertz CT molecular complexity index is 545. The molecular formula is C10H14Cl2N2O4S. The molecule has 0 fully saturated rings. The molecule has 0 aliphatic rings. The zero-order valence-corrected chi connectivity index (χ0v) is 12.2. The Hall–Kier alpha value is -0.570. The van der Waals surface area contributed by atoms with Gasteiger partial charge in [0.15, 0.2) is 0 Å². The zero-order valence-electron chi connectivity index (χ0n) is 9.88. The van der Waals surface area contributed by atoms with Crippen LogP contribution >= 0.6 is 23.2 Å². The Morgan fingerprint density at radius 3 is 2.11 bits per heavy atom. The molecule has 0 saturated carbocycles. The minimum Gasteiger partial charge on any atom is -0.397 e. The number of aliphatic hydroxyl groups excluding tert-OH is 2. The van der Waals surface area contributed by atoms with E-state index in [2.05, 4.69) is 0 Å². The molecule has 0 radical (unpaired) electrons. The van der Waals surface area contributed by atoms with Crippen LogP contribution in [0.15, 0.2) is 17.0 Å². The van der Waals surface area contributed by atoms with Crippen molar-refractivity contribution in [2.24, 2.45) is 0 Å². The Labute approximate surface area is 121 Å². The van der Waals surface area contributed by atoms with Gasteiger partial charge in [-0.25, -0.2) is 8.42 Å². The van der Waals surface area contributed by atoms with Gasteiger partial charge in [0, 0.05) is 13.1 Å². The maximum Gasteiger partial charge on any atom is 0.244 e. The van der Waals surface area contributed by atoms with Gasteiger partial charge in [0.25, 0.3) is 0 Å². The third-order valence-corrected chi connectivity index (χ3v) is 5.06. The lowest BCUT2D eigenvalue weighted by molar-refractivity contribution is 0.217. The summed E-state index contributed by atoms with van der Waals surface area (Å²) in [6, 6.07) is 2.39. The number of nitrogens with two attached hydrogens (primary N) is 1. The lowest BCUT2D eigenvalue weighted by Crippen LogP contribution is -2.36. The van der Waals surface area contributed by atoms with Crippen LogP contribution < -0.4 is 5.73 Å². The molecule has 0 bridgehead atoms. The summed E-state index contributed by atoms with van der Waals surface area (Å²) >= 11 is 11.6. The number of nitrogens with zero attached hydrogens (tertiary/aromatic N) is 1. The number of sulfonamides is 1. The fourth-order valence-electron chi connectivity index (χ4n) is 1.46. The number of rotatable bonds is 6. The quantitative estimate of drug-likeness (QED) is 0.661. The number of hydrogen-bond donors (Lipinski definition) is 3. The Morgan fingerprint density at radius 1 is 1.11 bits per heavy atom. The van der Waals surface area contributed by atoms with Crippen LogP contribution in [-0.2, 0) is 10.0 Å². The fourth-order valence-corrected chi connectivity index (χ4v) is 3.64. The molecule has 19 heavy (non-hydrogen) atoms. The molecule has 6 nitrogen and oxygen atoms in total. The van der Waals surface area contributed by atoms with Gasteiger partial charge in [-0.05, 0) is 12.1 Å². The molecule has 0 aromatic heterocycles. The van der Waals surface area contributed by atoms with Gasteiger partial charge in [0.1, 0.15) is 4.90 Å². The summed E-state index contributed by atoms with van der Waals surface area (Å²) in [4.78, 5) is -0.213. The van der Waals surface area contributed by atoms with Crippen LogP contribution in [0.3, 0.4) is 0 Å².